The number of aromatic nitrogens is 2. The van der Waals surface area contributed by atoms with E-state index in [2.05, 4.69) is 19.8 Å². The van der Waals surface area contributed by atoms with Crippen molar-refractivity contribution in [2.24, 2.45) is 11.1 Å². The van der Waals surface area contributed by atoms with E-state index in [1.54, 1.807) is 11.1 Å². The van der Waals surface area contributed by atoms with Crippen molar-refractivity contribution < 1.29 is 23.4 Å². The summed E-state index contributed by atoms with van der Waals surface area (Å²) in [7, 11) is 0. The van der Waals surface area contributed by atoms with Crippen LogP contribution in [0.25, 0.3) is 0 Å². The third-order valence-electron chi connectivity index (χ3n) is 9.28. The quantitative estimate of drug-likeness (QED) is 0.501. The van der Waals surface area contributed by atoms with Crippen LogP contribution in [0.3, 0.4) is 0 Å². The smallest absolute Gasteiger partial charge is 0.258 e. The molecule has 1 aromatic heterocycles. The van der Waals surface area contributed by atoms with Gasteiger partial charge in [-0.05, 0) is 77.2 Å². The normalized spacial score (nSPS) is 25.9. The molecule has 0 unspecified atom stereocenters. The van der Waals surface area contributed by atoms with Crippen LogP contribution in [0.2, 0.25) is 0 Å². The number of benzene rings is 1. The lowest BCUT2D eigenvalue weighted by atomic mass is 9.72. The van der Waals surface area contributed by atoms with Gasteiger partial charge in [-0.3, -0.25) is 4.79 Å². The Morgan fingerprint density at radius 2 is 2.00 bits per heavy atom. The lowest BCUT2D eigenvalue weighted by Crippen LogP contribution is -2.61. The van der Waals surface area contributed by atoms with Gasteiger partial charge in [0.25, 0.3) is 5.91 Å². The Morgan fingerprint density at radius 1 is 1.19 bits per heavy atom. The van der Waals surface area contributed by atoms with E-state index in [0.717, 1.165) is 64.8 Å². The summed E-state index contributed by atoms with van der Waals surface area (Å²) in [6.45, 7) is 10.6. The molecule has 11 heteroatoms. The summed E-state index contributed by atoms with van der Waals surface area (Å²) >= 11 is 0. The van der Waals surface area contributed by atoms with E-state index in [1.807, 2.05) is 13.8 Å². The van der Waals surface area contributed by atoms with Gasteiger partial charge in [0, 0.05) is 43.7 Å². The number of hydrogen-bond acceptors (Lipinski definition) is 9. The van der Waals surface area contributed by atoms with Gasteiger partial charge in [-0.1, -0.05) is 0 Å². The monoisotopic (exact) mass is 582 g/mol. The Hall–Kier alpha value is -2.86. The fraction of sp³-hybridized carbons (Fsp3) is 0.645. The minimum atomic E-state index is -0.490. The van der Waals surface area contributed by atoms with Gasteiger partial charge < -0.3 is 34.6 Å². The molecule has 4 saturated heterocycles. The lowest BCUT2D eigenvalue weighted by Gasteiger charge is -2.54. The largest absolute Gasteiger partial charge is 0.451 e. The molecule has 4 fully saturated rings. The topological polar surface area (TPSA) is 106 Å². The van der Waals surface area contributed by atoms with Gasteiger partial charge in [0.2, 0.25) is 0 Å². The van der Waals surface area contributed by atoms with Crippen LogP contribution in [0.5, 0.6) is 11.5 Å². The third kappa shape index (κ3) is 6.24. The van der Waals surface area contributed by atoms with Crippen LogP contribution in [0.1, 0.15) is 56.3 Å². The van der Waals surface area contributed by atoms with Crippen molar-refractivity contribution >= 4 is 11.7 Å². The number of nitrogens with zero attached hydrogens (tertiary/aromatic N) is 5. The van der Waals surface area contributed by atoms with Crippen LogP contribution < -0.4 is 15.4 Å². The van der Waals surface area contributed by atoms with Crippen molar-refractivity contribution in [3.8, 4) is 11.5 Å². The third-order valence-corrected chi connectivity index (χ3v) is 9.28. The van der Waals surface area contributed by atoms with E-state index in [-0.39, 0.29) is 40.8 Å². The second-order valence-corrected chi connectivity index (χ2v) is 12.7. The maximum Gasteiger partial charge on any atom is 0.258 e. The summed E-state index contributed by atoms with van der Waals surface area (Å²) in [4.78, 5) is 29.0. The van der Waals surface area contributed by atoms with Crippen LogP contribution in [-0.2, 0) is 9.47 Å². The van der Waals surface area contributed by atoms with Gasteiger partial charge in [0.1, 0.15) is 17.9 Å². The summed E-state index contributed by atoms with van der Waals surface area (Å²) in [6, 6.07) is 4.13. The van der Waals surface area contributed by atoms with Gasteiger partial charge in [0.15, 0.2) is 11.6 Å². The molecular weight excluding hydrogens is 539 g/mol. The Bertz CT molecular complexity index is 1230. The van der Waals surface area contributed by atoms with Crippen molar-refractivity contribution in [1.29, 1.82) is 0 Å². The highest BCUT2D eigenvalue weighted by Crippen LogP contribution is 2.45. The standard InChI is InChI=1S/C31H43FN6O4/c1-21(2)38(24-7-12-40-17-24)30(39)26-13-22(32)3-6-27(26)42-28-14-34-20-35-29(28)37-18-31(19-37)8-10-36(11-9-31)15-25-5-4-23(33)16-41-25/h3,6,13-14,20-21,23-25H,4-5,7-12,15-19,33H2,1-2H3/t23-,24-,25+/m0/s1. The summed E-state index contributed by atoms with van der Waals surface area (Å²) in [5, 5.41) is 0. The fourth-order valence-corrected chi connectivity index (χ4v) is 6.90. The second-order valence-electron chi connectivity index (χ2n) is 12.7. The number of rotatable bonds is 8. The lowest BCUT2D eigenvalue weighted by molar-refractivity contribution is -0.0277. The molecule has 2 N–H and O–H groups in total. The Kier molecular flexibility index (Phi) is 8.63. The average Bonchev–Trinajstić information content (AvgIpc) is 3.49. The summed E-state index contributed by atoms with van der Waals surface area (Å²) in [6.07, 6.45) is 8.52. The predicted octanol–water partition coefficient (Wildman–Crippen LogP) is 3.46. The van der Waals surface area contributed by atoms with Crippen molar-refractivity contribution in [3.05, 3.63) is 42.1 Å². The highest BCUT2D eigenvalue weighted by atomic mass is 19.1. The van der Waals surface area contributed by atoms with Crippen LogP contribution in [0.15, 0.2) is 30.7 Å². The number of hydrogen-bond donors (Lipinski definition) is 1. The zero-order valence-corrected chi connectivity index (χ0v) is 24.7. The SMILES string of the molecule is CC(C)N(C(=O)c1cc(F)ccc1Oc1cncnc1N1CC2(CCN(C[C@H]3CC[C@H](N)CO3)CC2)C1)[C@H]1CCOC1. The first-order valence-corrected chi connectivity index (χ1v) is 15.3. The molecule has 2 aromatic rings. The number of carbonyl (C=O) groups excluding carboxylic acids is 1. The Morgan fingerprint density at radius 3 is 2.69 bits per heavy atom. The molecule has 42 heavy (non-hydrogen) atoms. The first-order valence-electron chi connectivity index (χ1n) is 15.3. The van der Waals surface area contributed by atoms with E-state index in [9.17, 15) is 9.18 Å². The number of halogens is 1. The molecule has 4 aliphatic heterocycles. The molecular formula is C31H43FN6O4. The number of ether oxygens (including phenoxy) is 3. The van der Waals surface area contributed by atoms with Crippen molar-refractivity contribution in [2.75, 3.05) is 57.4 Å². The molecule has 4 aliphatic rings. The molecule has 0 saturated carbocycles. The molecule has 1 aromatic carbocycles. The van der Waals surface area contributed by atoms with Crippen LogP contribution in [0.4, 0.5) is 10.2 Å². The van der Waals surface area contributed by atoms with Gasteiger partial charge in [0.05, 0.1) is 37.1 Å². The number of anilines is 1. The Labute approximate surface area is 247 Å². The minimum Gasteiger partial charge on any atom is -0.451 e. The molecule has 228 valence electrons. The molecule has 5 heterocycles. The second kappa shape index (κ2) is 12.4. The number of nitrogens with two attached hydrogens (primary N) is 1. The number of carbonyl (C=O) groups is 1. The van der Waals surface area contributed by atoms with Gasteiger partial charge >= 0.3 is 0 Å². The molecule has 10 nitrogen and oxygen atoms in total. The molecule has 1 amide bonds. The first-order chi connectivity index (χ1) is 20.3. The minimum absolute atomic E-state index is 0.0542. The van der Waals surface area contributed by atoms with E-state index in [0.29, 0.717) is 37.5 Å². The van der Waals surface area contributed by atoms with Gasteiger partial charge in [-0.15, -0.1) is 0 Å². The number of piperidine rings is 1. The van der Waals surface area contributed by atoms with Crippen LogP contribution in [0, 0.1) is 11.2 Å². The maximum atomic E-state index is 14.4. The number of likely N-dealkylation sites (tertiary alicyclic amines) is 1. The summed E-state index contributed by atoms with van der Waals surface area (Å²) in [5.74, 6) is 0.674. The molecule has 0 bridgehead atoms. The molecule has 6 rings (SSSR count). The van der Waals surface area contributed by atoms with E-state index < -0.39 is 5.82 Å². The van der Waals surface area contributed by atoms with Crippen LogP contribution in [-0.4, -0.2) is 102 Å². The fourth-order valence-electron chi connectivity index (χ4n) is 6.90. The molecule has 0 radical (unpaired) electrons. The number of amides is 1. The highest BCUT2D eigenvalue weighted by Gasteiger charge is 2.46. The van der Waals surface area contributed by atoms with E-state index >= 15 is 0 Å². The van der Waals surface area contributed by atoms with Gasteiger partial charge in [-0.25, -0.2) is 14.4 Å². The zero-order chi connectivity index (χ0) is 29.3. The van der Waals surface area contributed by atoms with Crippen LogP contribution >= 0.6 is 0 Å². The molecule has 1 spiro atoms. The average molecular weight is 583 g/mol. The van der Waals surface area contributed by atoms with E-state index in [4.69, 9.17) is 19.9 Å². The summed E-state index contributed by atoms with van der Waals surface area (Å²) in [5.41, 5.74) is 6.42. The van der Waals surface area contributed by atoms with Crippen molar-refractivity contribution in [2.45, 2.75) is 70.2 Å². The highest BCUT2D eigenvalue weighted by molar-refractivity contribution is 5.97. The Balaban J connectivity index is 1.11. The molecule has 0 aliphatic carbocycles. The van der Waals surface area contributed by atoms with Crippen molar-refractivity contribution in [1.82, 2.24) is 19.8 Å². The molecule has 3 atom stereocenters. The first kappa shape index (κ1) is 29.2. The maximum absolute atomic E-state index is 14.4. The predicted molar refractivity (Wildman–Crippen MR) is 156 cm³/mol. The zero-order valence-electron chi connectivity index (χ0n) is 24.7. The van der Waals surface area contributed by atoms with Crippen molar-refractivity contribution in [3.63, 3.8) is 0 Å². The summed E-state index contributed by atoms with van der Waals surface area (Å²) < 4.78 is 32.2. The van der Waals surface area contributed by atoms with E-state index in [1.165, 1.54) is 24.5 Å². The van der Waals surface area contributed by atoms with Gasteiger partial charge in [-0.2, -0.15) is 0 Å².